The number of benzene rings is 2. The van der Waals surface area contributed by atoms with Crippen LogP contribution in [0.2, 0.25) is 0 Å². The van der Waals surface area contributed by atoms with E-state index in [2.05, 4.69) is 5.32 Å². The van der Waals surface area contributed by atoms with Gasteiger partial charge < -0.3 is 10.2 Å². The molecule has 2 rings (SSSR count). The number of nitrogens with zero attached hydrogens (tertiary/aromatic N) is 2. The fourth-order valence-electron chi connectivity index (χ4n) is 4.25. The van der Waals surface area contributed by atoms with Crippen LogP contribution < -0.4 is 9.62 Å². The van der Waals surface area contributed by atoms with E-state index in [9.17, 15) is 18.0 Å². The summed E-state index contributed by atoms with van der Waals surface area (Å²) < 4.78 is 26.5. The minimum absolute atomic E-state index is 0.140. The molecule has 7 nitrogen and oxygen atoms in total. The van der Waals surface area contributed by atoms with Crippen LogP contribution in [0.15, 0.2) is 48.5 Å². The fraction of sp³-hybridized carbons (Fsp3) is 0.500. The highest BCUT2D eigenvalue weighted by atomic mass is 32.2. The van der Waals surface area contributed by atoms with Crippen LogP contribution in [0.4, 0.5) is 5.69 Å². The van der Waals surface area contributed by atoms with Gasteiger partial charge in [-0.15, -0.1) is 0 Å². The van der Waals surface area contributed by atoms with Crippen LogP contribution in [0, 0.1) is 13.8 Å². The van der Waals surface area contributed by atoms with E-state index in [0.29, 0.717) is 38.0 Å². The molecule has 2 amide bonds. The molecule has 36 heavy (non-hydrogen) atoms. The molecule has 1 N–H and O–H groups in total. The Morgan fingerprint density at radius 3 is 2.28 bits per heavy atom. The fourth-order valence-corrected chi connectivity index (χ4v) is 5.27. The maximum atomic E-state index is 13.4. The first-order valence-corrected chi connectivity index (χ1v) is 14.6. The summed E-state index contributed by atoms with van der Waals surface area (Å²) in [7, 11) is -3.52. The maximum absolute atomic E-state index is 13.4. The maximum Gasteiger partial charge on any atom is 0.242 e. The smallest absolute Gasteiger partial charge is 0.242 e. The predicted molar refractivity (Wildman–Crippen MR) is 147 cm³/mol. The van der Waals surface area contributed by atoms with E-state index < -0.39 is 16.1 Å². The van der Waals surface area contributed by atoms with Crippen molar-refractivity contribution in [3.63, 3.8) is 0 Å². The van der Waals surface area contributed by atoms with Crippen LogP contribution in [0.25, 0.3) is 0 Å². The highest BCUT2D eigenvalue weighted by Gasteiger charge is 2.28. The highest BCUT2D eigenvalue weighted by Crippen LogP contribution is 2.25. The van der Waals surface area contributed by atoms with Gasteiger partial charge in [-0.1, -0.05) is 56.3 Å². The zero-order chi connectivity index (χ0) is 26.7. The normalized spacial score (nSPS) is 12.1. The van der Waals surface area contributed by atoms with Gasteiger partial charge in [-0.05, 0) is 62.3 Å². The third-order valence-corrected chi connectivity index (χ3v) is 7.60. The van der Waals surface area contributed by atoms with Gasteiger partial charge in [-0.25, -0.2) is 8.42 Å². The topological polar surface area (TPSA) is 86.8 Å². The van der Waals surface area contributed by atoms with Crippen molar-refractivity contribution in [3.8, 4) is 0 Å². The molecule has 0 aromatic heterocycles. The molecule has 0 aliphatic heterocycles. The van der Waals surface area contributed by atoms with Crippen molar-refractivity contribution in [1.29, 1.82) is 0 Å². The average molecular weight is 516 g/mol. The number of carbonyl (C=O) groups excluding carboxylic acids is 2. The Bertz CT molecular complexity index is 1100. The number of aryl methyl sites for hydroxylation is 1. The minimum Gasteiger partial charge on any atom is -0.354 e. The van der Waals surface area contributed by atoms with Gasteiger partial charge in [0, 0.05) is 26.1 Å². The summed E-state index contributed by atoms with van der Waals surface area (Å²) in [5.41, 5.74) is 3.64. The summed E-state index contributed by atoms with van der Waals surface area (Å²) in [6.07, 6.45) is 3.67. The molecule has 0 heterocycles. The third-order valence-electron chi connectivity index (χ3n) is 6.42. The number of hydrogen-bond donors (Lipinski definition) is 1. The monoisotopic (exact) mass is 515 g/mol. The quantitative estimate of drug-likeness (QED) is 0.408. The van der Waals surface area contributed by atoms with Gasteiger partial charge in [-0.3, -0.25) is 13.9 Å². The molecule has 0 unspecified atom stereocenters. The number of amides is 2. The van der Waals surface area contributed by atoms with Gasteiger partial charge in [0.15, 0.2) is 0 Å². The largest absolute Gasteiger partial charge is 0.354 e. The molecule has 0 fully saturated rings. The van der Waals surface area contributed by atoms with Gasteiger partial charge in [0.2, 0.25) is 21.8 Å². The number of sulfonamides is 1. The van der Waals surface area contributed by atoms with E-state index in [0.717, 1.165) is 23.1 Å². The molecule has 198 valence electrons. The van der Waals surface area contributed by atoms with Crippen LogP contribution >= 0.6 is 0 Å². The Morgan fingerprint density at radius 2 is 1.67 bits per heavy atom. The number of carbonyl (C=O) groups is 2. The Kier molecular flexibility index (Phi) is 11.4. The Morgan fingerprint density at radius 1 is 0.972 bits per heavy atom. The summed E-state index contributed by atoms with van der Waals surface area (Å²) in [5, 5.41) is 2.92. The first-order chi connectivity index (χ1) is 17.1. The molecular weight excluding hydrogens is 474 g/mol. The number of rotatable bonds is 14. The van der Waals surface area contributed by atoms with Gasteiger partial charge in [-0.2, -0.15) is 0 Å². The van der Waals surface area contributed by atoms with Crippen molar-refractivity contribution in [2.24, 2.45) is 0 Å². The first-order valence-electron chi connectivity index (χ1n) is 12.7. The van der Waals surface area contributed by atoms with Gasteiger partial charge in [0.05, 0.1) is 11.9 Å². The minimum atomic E-state index is -3.52. The van der Waals surface area contributed by atoms with E-state index in [1.165, 1.54) is 10.6 Å². The molecule has 0 saturated carbocycles. The van der Waals surface area contributed by atoms with Gasteiger partial charge in [0.1, 0.15) is 6.04 Å². The molecule has 1 atom stereocenters. The van der Waals surface area contributed by atoms with Crippen LogP contribution in [0.3, 0.4) is 0 Å². The molecule has 0 radical (unpaired) electrons. The lowest BCUT2D eigenvalue weighted by molar-refractivity contribution is -0.140. The Labute approximate surface area is 216 Å². The second-order valence-electron chi connectivity index (χ2n) is 9.20. The van der Waals surface area contributed by atoms with Crippen molar-refractivity contribution >= 4 is 27.5 Å². The second kappa shape index (κ2) is 14.0. The van der Waals surface area contributed by atoms with Crippen molar-refractivity contribution in [3.05, 3.63) is 65.2 Å². The molecule has 0 aliphatic carbocycles. The van der Waals surface area contributed by atoms with Crippen LogP contribution in [-0.4, -0.2) is 57.1 Å². The Hall–Kier alpha value is -2.87. The molecule has 0 saturated heterocycles. The lowest BCUT2D eigenvalue weighted by Gasteiger charge is -2.31. The lowest BCUT2D eigenvalue weighted by atomic mass is 10.1. The summed E-state index contributed by atoms with van der Waals surface area (Å²) in [4.78, 5) is 27.9. The molecular formula is C28H41N3O4S. The zero-order valence-corrected chi connectivity index (χ0v) is 23.1. The third kappa shape index (κ3) is 8.36. The molecule has 2 aromatic carbocycles. The van der Waals surface area contributed by atoms with Crippen molar-refractivity contribution in [2.45, 2.75) is 65.8 Å². The molecule has 0 bridgehead atoms. The number of nitrogens with one attached hydrogen (secondary N) is 1. The van der Waals surface area contributed by atoms with E-state index in [4.69, 9.17) is 0 Å². The SMILES string of the molecule is CCCNC(=O)[C@H](CC)N(CCc1ccccc1)C(=O)CCCN(c1cccc(C)c1C)S(C)(=O)=O. The summed E-state index contributed by atoms with van der Waals surface area (Å²) in [6.45, 7) is 8.93. The van der Waals surface area contributed by atoms with Crippen molar-refractivity contribution in [1.82, 2.24) is 10.2 Å². The van der Waals surface area contributed by atoms with Crippen LogP contribution in [0.1, 0.15) is 56.2 Å². The number of hydrogen-bond acceptors (Lipinski definition) is 4. The molecule has 8 heteroatoms. The molecule has 2 aromatic rings. The van der Waals surface area contributed by atoms with E-state index in [1.54, 1.807) is 11.0 Å². The zero-order valence-electron chi connectivity index (χ0n) is 22.3. The predicted octanol–water partition coefficient (Wildman–Crippen LogP) is 4.23. The average Bonchev–Trinajstić information content (AvgIpc) is 2.84. The van der Waals surface area contributed by atoms with E-state index in [1.807, 2.05) is 70.2 Å². The summed E-state index contributed by atoms with van der Waals surface area (Å²) in [6, 6.07) is 14.9. The summed E-state index contributed by atoms with van der Waals surface area (Å²) >= 11 is 0. The van der Waals surface area contributed by atoms with Gasteiger partial charge in [0.25, 0.3) is 0 Å². The second-order valence-corrected chi connectivity index (χ2v) is 11.1. The summed E-state index contributed by atoms with van der Waals surface area (Å²) in [5.74, 6) is -0.284. The molecule has 0 spiro atoms. The first kappa shape index (κ1) is 29.4. The number of anilines is 1. The standard InChI is InChI=1S/C28H41N3O4S/c1-6-19-29-28(33)25(7-2)30(21-18-24-14-9-8-10-15-24)27(32)17-12-20-31(36(5,34)35)26-16-11-13-22(3)23(26)4/h8-11,13-16,25H,6-7,12,17-21H2,1-5H3,(H,29,33)/t25-/m0/s1. The van der Waals surface area contributed by atoms with Crippen molar-refractivity contribution in [2.75, 3.05) is 30.2 Å². The van der Waals surface area contributed by atoms with Crippen LogP contribution in [-0.2, 0) is 26.0 Å². The Balaban J connectivity index is 2.17. The van der Waals surface area contributed by atoms with Crippen LogP contribution in [0.5, 0.6) is 0 Å². The van der Waals surface area contributed by atoms with Crippen molar-refractivity contribution < 1.29 is 18.0 Å². The van der Waals surface area contributed by atoms with Gasteiger partial charge >= 0.3 is 0 Å². The highest BCUT2D eigenvalue weighted by molar-refractivity contribution is 7.92. The lowest BCUT2D eigenvalue weighted by Crippen LogP contribution is -2.50. The molecule has 0 aliphatic rings. The van der Waals surface area contributed by atoms with E-state index >= 15 is 0 Å². The van der Waals surface area contributed by atoms with E-state index in [-0.39, 0.29) is 24.8 Å².